The molecule has 2 aliphatic heterocycles. The van der Waals surface area contributed by atoms with Gasteiger partial charge in [-0.3, -0.25) is 14.3 Å². The fraction of sp³-hybridized carbons (Fsp3) is 0.722. The van der Waals surface area contributed by atoms with Crippen molar-refractivity contribution in [2.75, 3.05) is 33.2 Å². The molecular weight excluding hydrogens is 354 g/mol. The van der Waals surface area contributed by atoms with Crippen LogP contribution in [0.1, 0.15) is 43.7 Å². The summed E-state index contributed by atoms with van der Waals surface area (Å²) < 4.78 is 1.71. The highest BCUT2D eigenvalue weighted by Crippen LogP contribution is 2.25. The van der Waals surface area contributed by atoms with Crippen LogP contribution < -0.4 is 5.32 Å². The second-order valence-electron chi connectivity index (χ2n) is 7.23. The van der Waals surface area contributed by atoms with E-state index in [2.05, 4.69) is 10.4 Å². The molecule has 1 atom stereocenters. The van der Waals surface area contributed by atoms with Crippen LogP contribution in [-0.4, -0.2) is 64.6 Å². The molecule has 0 spiro atoms. The molecule has 2 fully saturated rings. The van der Waals surface area contributed by atoms with Crippen molar-refractivity contribution in [3.8, 4) is 0 Å². The summed E-state index contributed by atoms with van der Waals surface area (Å²) in [7, 11) is 3.65. The van der Waals surface area contributed by atoms with Crippen LogP contribution in [0.4, 0.5) is 0 Å². The Labute approximate surface area is 161 Å². The van der Waals surface area contributed by atoms with Gasteiger partial charge in [-0.2, -0.15) is 5.10 Å². The molecule has 1 unspecified atom stereocenters. The molecule has 7 nitrogen and oxygen atoms in total. The van der Waals surface area contributed by atoms with Crippen molar-refractivity contribution >= 4 is 24.2 Å². The number of hydrogen-bond donors (Lipinski definition) is 1. The number of likely N-dealkylation sites (tertiary alicyclic amines) is 2. The van der Waals surface area contributed by atoms with E-state index in [-0.39, 0.29) is 24.4 Å². The Morgan fingerprint density at radius 1 is 1.19 bits per heavy atom. The maximum absolute atomic E-state index is 12.8. The van der Waals surface area contributed by atoms with Crippen molar-refractivity contribution in [2.45, 2.75) is 38.1 Å². The Balaban J connectivity index is 0.00000243. The molecule has 1 aromatic heterocycles. The second kappa shape index (κ2) is 9.37. The lowest BCUT2D eigenvalue weighted by Crippen LogP contribution is -2.44. The van der Waals surface area contributed by atoms with Gasteiger partial charge in [-0.25, -0.2) is 0 Å². The first kappa shape index (κ1) is 20.7. The normalized spacial score (nSPS) is 19.3. The van der Waals surface area contributed by atoms with Crippen molar-refractivity contribution in [1.29, 1.82) is 0 Å². The highest BCUT2D eigenvalue weighted by Gasteiger charge is 2.30. The first-order chi connectivity index (χ1) is 12.1. The van der Waals surface area contributed by atoms with Gasteiger partial charge in [-0.1, -0.05) is 0 Å². The molecule has 2 amide bonds. The van der Waals surface area contributed by atoms with Crippen LogP contribution in [0, 0.1) is 5.92 Å². The summed E-state index contributed by atoms with van der Waals surface area (Å²) in [4.78, 5) is 29.0. The summed E-state index contributed by atoms with van der Waals surface area (Å²) in [6.07, 6.45) is 8.35. The molecule has 8 heteroatoms. The summed E-state index contributed by atoms with van der Waals surface area (Å²) in [6.45, 7) is 3.31. The van der Waals surface area contributed by atoms with Gasteiger partial charge in [-0.15, -0.1) is 12.4 Å². The fourth-order valence-electron chi connectivity index (χ4n) is 3.90. The van der Waals surface area contributed by atoms with Gasteiger partial charge in [0.25, 0.3) is 0 Å². The molecule has 0 aliphatic carbocycles. The number of nitrogens with one attached hydrogen (secondary N) is 1. The van der Waals surface area contributed by atoms with Crippen LogP contribution in [-0.2, 0) is 16.6 Å². The predicted octanol–water partition coefficient (Wildman–Crippen LogP) is 1.35. The Hall–Kier alpha value is -1.60. The average molecular weight is 384 g/mol. The number of rotatable bonds is 5. The number of halogens is 1. The van der Waals surface area contributed by atoms with E-state index < -0.39 is 0 Å². The standard InChI is InChI=1S/C18H29N5O2.ClH/c1-19-17(15-12-20-21(2)13-15)18(25)23-9-5-14(6-10-23)11-16(24)22-7-3-4-8-22;/h12-14,17,19H,3-11H2,1-2H3;1H. The maximum Gasteiger partial charge on any atom is 0.244 e. The monoisotopic (exact) mass is 383 g/mol. The largest absolute Gasteiger partial charge is 0.343 e. The first-order valence-corrected chi connectivity index (χ1v) is 9.31. The number of aryl methyl sites for hydroxylation is 1. The minimum Gasteiger partial charge on any atom is -0.343 e. The van der Waals surface area contributed by atoms with Crippen LogP contribution in [0.5, 0.6) is 0 Å². The summed E-state index contributed by atoms with van der Waals surface area (Å²) in [6, 6.07) is -0.350. The topological polar surface area (TPSA) is 70.5 Å². The minimum absolute atomic E-state index is 0. The summed E-state index contributed by atoms with van der Waals surface area (Å²) in [5.74, 6) is 0.800. The lowest BCUT2D eigenvalue weighted by Gasteiger charge is -2.34. The zero-order valence-electron chi connectivity index (χ0n) is 15.7. The van der Waals surface area contributed by atoms with Crippen molar-refractivity contribution in [1.82, 2.24) is 24.9 Å². The van der Waals surface area contributed by atoms with E-state index in [0.29, 0.717) is 18.2 Å². The average Bonchev–Trinajstić information content (AvgIpc) is 3.28. The molecule has 0 aromatic carbocycles. The lowest BCUT2D eigenvalue weighted by atomic mass is 9.92. The van der Waals surface area contributed by atoms with E-state index in [9.17, 15) is 9.59 Å². The van der Waals surface area contributed by atoms with Gasteiger partial charge in [0.2, 0.25) is 11.8 Å². The summed E-state index contributed by atoms with van der Waals surface area (Å²) >= 11 is 0. The van der Waals surface area contributed by atoms with Gasteiger partial charge >= 0.3 is 0 Å². The number of aromatic nitrogens is 2. The molecule has 146 valence electrons. The van der Waals surface area contributed by atoms with Crippen molar-refractivity contribution in [3.63, 3.8) is 0 Å². The molecule has 0 radical (unpaired) electrons. The Kier molecular flexibility index (Phi) is 7.46. The fourth-order valence-corrected chi connectivity index (χ4v) is 3.90. The van der Waals surface area contributed by atoms with Gasteiger partial charge in [0, 0.05) is 51.4 Å². The van der Waals surface area contributed by atoms with Gasteiger partial charge in [0.05, 0.1) is 6.20 Å². The zero-order valence-corrected chi connectivity index (χ0v) is 16.5. The smallest absolute Gasteiger partial charge is 0.244 e. The SMILES string of the molecule is CNC(C(=O)N1CCC(CC(=O)N2CCCC2)CC1)c1cnn(C)c1.Cl. The van der Waals surface area contributed by atoms with Crippen molar-refractivity contribution in [3.05, 3.63) is 18.0 Å². The number of carbonyl (C=O) groups is 2. The van der Waals surface area contributed by atoms with Crippen LogP contribution in [0.25, 0.3) is 0 Å². The van der Waals surface area contributed by atoms with Gasteiger partial charge in [-0.05, 0) is 38.6 Å². The quantitative estimate of drug-likeness (QED) is 0.833. The van der Waals surface area contributed by atoms with Gasteiger partial charge in [0.15, 0.2) is 0 Å². The summed E-state index contributed by atoms with van der Waals surface area (Å²) in [5, 5.41) is 7.26. The van der Waals surface area contributed by atoms with E-state index in [1.165, 1.54) is 0 Å². The van der Waals surface area contributed by atoms with E-state index in [1.54, 1.807) is 17.9 Å². The number of likely N-dealkylation sites (N-methyl/N-ethyl adjacent to an activating group) is 1. The van der Waals surface area contributed by atoms with Crippen LogP contribution in [0.2, 0.25) is 0 Å². The predicted molar refractivity (Wildman–Crippen MR) is 102 cm³/mol. The van der Waals surface area contributed by atoms with E-state index in [0.717, 1.165) is 57.4 Å². The third kappa shape index (κ3) is 4.76. The molecule has 2 aliphatic rings. The molecule has 3 heterocycles. The molecular formula is C18H30ClN5O2. The van der Waals surface area contributed by atoms with E-state index in [1.807, 2.05) is 23.0 Å². The Bertz CT molecular complexity index is 606. The zero-order chi connectivity index (χ0) is 17.8. The third-order valence-corrected chi connectivity index (χ3v) is 5.44. The van der Waals surface area contributed by atoms with E-state index in [4.69, 9.17) is 0 Å². The number of amides is 2. The third-order valence-electron chi connectivity index (χ3n) is 5.44. The van der Waals surface area contributed by atoms with Crippen LogP contribution in [0.3, 0.4) is 0 Å². The Morgan fingerprint density at radius 2 is 1.85 bits per heavy atom. The molecule has 3 rings (SSSR count). The molecule has 1 N–H and O–H groups in total. The highest BCUT2D eigenvalue weighted by molar-refractivity contribution is 5.85. The van der Waals surface area contributed by atoms with Crippen LogP contribution >= 0.6 is 12.4 Å². The van der Waals surface area contributed by atoms with Crippen LogP contribution in [0.15, 0.2) is 12.4 Å². The van der Waals surface area contributed by atoms with Gasteiger partial charge in [0.1, 0.15) is 6.04 Å². The van der Waals surface area contributed by atoms with Crippen molar-refractivity contribution in [2.24, 2.45) is 13.0 Å². The number of hydrogen-bond acceptors (Lipinski definition) is 4. The maximum atomic E-state index is 12.8. The summed E-state index contributed by atoms with van der Waals surface area (Å²) in [5.41, 5.74) is 0.890. The molecule has 26 heavy (non-hydrogen) atoms. The first-order valence-electron chi connectivity index (χ1n) is 9.31. The minimum atomic E-state index is -0.350. The molecule has 0 bridgehead atoms. The highest BCUT2D eigenvalue weighted by atomic mass is 35.5. The second-order valence-corrected chi connectivity index (χ2v) is 7.23. The van der Waals surface area contributed by atoms with E-state index >= 15 is 0 Å². The van der Waals surface area contributed by atoms with Crippen molar-refractivity contribution < 1.29 is 9.59 Å². The number of nitrogens with zero attached hydrogens (tertiary/aromatic N) is 4. The molecule has 0 saturated carbocycles. The molecule has 2 saturated heterocycles. The lowest BCUT2D eigenvalue weighted by molar-refractivity contribution is -0.135. The Morgan fingerprint density at radius 3 is 2.38 bits per heavy atom. The number of piperidine rings is 1. The molecule has 1 aromatic rings. The number of carbonyl (C=O) groups excluding carboxylic acids is 2. The van der Waals surface area contributed by atoms with Gasteiger partial charge < -0.3 is 15.1 Å².